The summed E-state index contributed by atoms with van der Waals surface area (Å²) in [6.07, 6.45) is 2.58. The van der Waals surface area contributed by atoms with E-state index in [0.29, 0.717) is 0 Å². The van der Waals surface area contributed by atoms with Crippen LogP contribution in [-0.4, -0.2) is 29.6 Å². The number of esters is 1. The Hall–Kier alpha value is -1.45. The Morgan fingerprint density at radius 2 is 2.22 bits per heavy atom. The fraction of sp³-hybridized carbons (Fsp3) is 0.375. The third-order valence-electron chi connectivity index (χ3n) is 2.06. The number of halogens is 1. The molecular weight excluding hydrogens is 288 g/mol. The predicted molar refractivity (Wildman–Crippen MR) is 61.5 cm³/mol. The van der Waals surface area contributed by atoms with Gasteiger partial charge >= 0.3 is 5.97 Å². The van der Waals surface area contributed by atoms with Gasteiger partial charge in [-0.1, -0.05) is 11.6 Å². The number of hydrogen-bond acceptors (Lipinski definition) is 6. The maximum atomic E-state index is 11.4. The molecule has 2 atom stereocenters. The van der Waals surface area contributed by atoms with Gasteiger partial charge in [0.1, 0.15) is 0 Å². The van der Waals surface area contributed by atoms with E-state index in [1.807, 2.05) is 0 Å². The third-order valence-corrected chi connectivity index (χ3v) is 3.82. The van der Waals surface area contributed by atoms with E-state index >= 15 is 0 Å². The van der Waals surface area contributed by atoms with E-state index in [1.54, 1.807) is 0 Å². The van der Waals surface area contributed by atoms with Gasteiger partial charge in [-0.3, -0.25) is 14.9 Å². The maximum absolute atomic E-state index is 11.4. The first-order valence-corrected chi connectivity index (χ1v) is 6.50. The van der Waals surface area contributed by atoms with Crippen LogP contribution in [0.4, 0.5) is 0 Å². The second-order valence-electron chi connectivity index (χ2n) is 3.48. The van der Waals surface area contributed by atoms with Crippen molar-refractivity contribution in [2.75, 3.05) is 0 Å². The molecule has 2 unspecified atom stereocenters. The number of hydrogen-bond donors (Lipinski definition) is 1. The van der Waals surface area contributed by atoms with Crippen LogP contribution >= 0.6 is 11.6 Å². The second kappa shape index (κ2) is 4.67. The second-order valence-corrected chi connectivity index (χ2v) is 5.76. The van der Waals surface area contributed by atoms with Crippen LogP contribution in [0.3, 0.4) is 0 Å². The Balaban J connectivity index is 3.28. The number of carbonyl (C=O) groups excluding carboxylic acids is 1. The lowest BCUT2D eigenvalue weighted by Gasteiger charge is -2.29. The number of carbonyl (C=O) groups is 1. The summed E-state index contributed by atoms with van der Waals surface area (Å²) < 4.78 is 27.4. The topological polar surface area (TPSA) is 130 Å². The molecule has 0 aromatic carbocycles. The smallest absolute Gasteiger partial charge is 0.304 e. The first-order chi connectivity index (χ1) is 8.06. The van der Waals surface area contributed by atoms with Gasteiger partial charge in [0, 0.05) is 19.1 Å². The predicted octanol–water partition coefficient (Wildman–Crippen LogP) is -0.128. The first-order valence-electron chi connectivity index (χ1n) is 4.52. The Labute approximate surface area is 107 Å². The Morgan fingerprint density at radius 1 is 1.67 bits per heavy atom. The van der Waals surface area contributed by atoms with E-state index in [-0.39, 0.29) is 0 Å². The van der Waals surface area contributed by atoms with Crippen LogP contribution in [0.15, 0.2) is 23.9 Å². The summed E-state index contributed by atoms with van der Waals surface area (Å²) in [6, 6.07) is 0. The SMILES string of the molecule is CC(=O)OC1(Cl)C=CC([N+](=O)[O-])=CC1S(N)(=O)=O. The third kappa shape index (κ3) is 3.06. The van der Waals surface area contributed by atoms with Gasteiger partial charge in [0.2, 0.25) is 15.1 Å². The molecule has 1 aliphatic rings. The van der Waals surface area contributed by atoms with Crippen molar-refractivity contribution < 1.29 is 22.9 Å². The maximum Gasteiger partial charge on any atom is 0.304 e. The number of rotatable bonds is 3. The summed E-state index contributed by atoms with van der Waals surface area (Å²) in [6.45, 7) is 1.02. The number of nitro groups is 1. The number of nitrogens with two attached hydrogens (primary N) is 1. The van der Waals surface area contributed by atoms with Crippen molar-refractivity contribution in [2.24, 2.45) is 5.14 Å². The monoisotopic (exact) mass is 296 g/mol. The number of primary sulfonamides is 1. The number of alkyl halides is 1. The van der Waals surface area contributed by atoms with Crippen LogP contribution in [0.5, 0.6) is 0 Å². The van der Waals surface area contributed by atoms with Gasteiger partial charge < -0.3 is 4.74 Å². The molecule has 10 heteroatoms. The highest BCUT2D eigenvalue weighted by Gasteiger charge is 2.47. The van der Waals surface area contributed by atoms with Crippen molar-refractivity contribution in [3.05, 3.63) is 34.0 Å². The minimum Gasteiger partial charge on any atom is -0.438 e. The zero-order valence-electron chi connectivity index (χ0n) is 9.07. The molecule has 100 valence electrons. The van der Waals surface area contributed by atoms with Crippen LogP contribution in [0.1, 0.15) is 6.92 Å². The van der Waals surface area contributed by atoms with E-state index < -0.39 is 36.9 Å². The van der Waals surface area contributed by atoms with Gasteiger partial charge in [-0.25, -0.2) is 13.6 Å². The minimum absolute atomic E-state index is 0.502. The highest BCUT2D eigenvalue weighted by Crippen LogP contribution is 2.33. The summed E-state index contributed by atoms with van der Waals surface area (Å²) in [7, 11) is -4.29. The number of allylic oxidation sites excluding steroid dienone is 1. The van der Waals surface area contributed by atoms with Crippen LogP contribution < -0.4 is 5.14 Å². The summed E-state index contributed by atoms with van der Waals surface area (Å²) in [5, 5.41) is 11.7. The summed E-state index contributed by atoms with van der Waals surface area (Å²) in [4.78, 5) is 20.6. The molecule has 0 spiro atoms. The van der Waals surface area contributed by atoms with Gasteiger partial charge in [0.25, 0.3) is 5.70 Å². The van der Waals surface area contributed by atoms with Crippen molar-refractivity contribution in [3.8, 4) is 0 Å². The fourth-order valence-corrected chi connectivity index (χ4v) is 2.88. The largest absolute Gasteiger partial charge is 0.438 e. The van der Waals surface area contributed by atoms with Gasteiger partial charge in [-0.05, 0) is 6.08 Å². The van der Waals surface area contributed by atoms with E-state index in [2.05, 4.69) is 4.74 Å². The summed E-state index contributed by atoms with van der Waals surface area (Å²) >= 11 is 5.83. The molecule has 0 amide bonds. The molecule has 0 aromatic rings. The molecule has 0 bridgehead atoms. The van der Waals surface area contributed by atoms with E-state index in [4.69, 9.17) is 16.7 Å². The molecule has 18 heavy (non-hydrogen) atoms. The number of nitrogens with zero attached hydrogens (tertiary/aromatic N) is 1. The lowest BCUT2D eigenvalue weighted by atomic mass is 10.1. The molecule has 0 fully saturated rings. The molecule has 2 N–H and O–H groups in total. The van der Waals surface area contributed by atoms with Crippen LogP contribution in [0.2, 0.25) is 0 Å². The molecule has 8 nitrogen and oxygen atoms in total. The number of ether oxygens (including phenoxy) is 1. The van der Waals surface area contributed by atoms with Crippen molar-refractivity contribution >= 4 is 27.6 Å². The van der Waals surface area contributed by atoms with E-state index in [9.17, 15) is 23.3 Å². The lowest BCUT2D eigenvalue weighted by molar-refractivity contribution is -0.419. The zero-order valence-corrected chi connectivity index (χ0v) is 10.6. The quantitative estimate of drug-likeness (QED) is 0.334. The molecule has 1 aliphatic carbocycles. The van der Waals surface area contributed by atoms with Gasteiger partial charge in [0.15, 0.2) is 5.25 Å². The minimum atomic E-state index is -4.29. The van der Waals surface area contributed by atoms with E-state index in [1.165, 1.54) is 0 Å². The molecule has 1 rings (SSSR count). The average Bonchev–Trinajstić information content (AvgIpc) is 2.13. The zero-order chi connectivity index (χ0) is 14.1. The fourth-order valence-electron chi connectivity index (χ4n) is 1.37. The van der Waals surface area contributed by atoms with E-state index in [0.717, 1.165) is 25.2 Å². The number of sulfonamides is 1. The van der Waals surface area contributed by atoms with Crippen LogP contribution in [0.25, 0.3) is 0 Å². The molecule has 0 saturated heterocycles. The lowest BCUT2D eigenvalue weighted by Crippen LogP contribution is -2.47. The highest BCUT2D eigenvalue weighted by molar-refractivity contribution is 7.90. The van der Waals surface area contributed by atoms with Crippen molar-refractivity contribution in [2.45, 2.75) is 17.2 Å². The van der Waals surface area contributed by atoms with Crippen LogP contribution in [-0.2, 0) is 19.6 Å². The van der Waals surface area contributed by atoms with Gasteiger partial charge in [-0.2, -0.15) is 0 Å². The Bertz CT molecular complexity index is 554. The molecule has 0 saturated carbocycles. The molecule has 0 aliphatic heterocycles. The van der Waals surface area contributed by atoms with Crippen LogP contribution in [0, 0.1) is 10.1 Å². The van der Waals surface area contributed by atoms with Crippen molar-refractivity contribution in [1.29, 1.82) is 0 Å². The Kier molecular flexibility index (Phi) is 3.79. The molecule has 0 heterocycles. The molecule has 0 radical (unpaired) electrons. The molecular formula is C8H9ClN2O6S. The highest BCUT2D eigenvalue weighted by atomic mass is 35.5. The van der Waals surface area contributed by atoms with Crippen molar-refractivity contribution in [1.82, 2.24) is 0 Å². The van der Waals surface area contributed by atoms with Gasteiger partial charge in [0.05, 0.1) is 4.92 Å². The first kappa shape index (κ1) is 14.6. The molecule has 0 aromatic heterocycles. The normalized spacial score (nSPS) is 27.5. The average molecular weight is 297 g/mol. The van der Waals surface area contributed by atoms with Crippen molar-refractivity contribution in [3.63, 3.8) is 0 Å². The summed E-state index contributed by atoms with van der Waals surface area (Å²) in [5.74, 6) is -0.846. The van der Waals surface area contributed by atoms with Gasteiger partial charge in [-0.15, -0.1) is 0 Å². The Morgan fingerprint density at radius 3 is 2.61 bits per heavy atom. The standard InChI is InChI=1S/C8H9ClN2O6S/c1-5(12)17-8(9)3-2-6(11(13)14)4-7(8)18(10,15)16/h2-4,7H,1H3,(H2,10,15,16). The summed E-state index contributed by atoms with van der Waals surface area (Å²) in [5.41, 5.74) is -0.502.